The SMILES string of the molecule is COc1ccc(-c2csc(C(C#N)=CC(Br)=Cc3ccccc3)n2)cc1. The highest BCUT2D eigenvalue weighted by molar-refractivity contribution is 9.12. The van der Waals surface area contributed by atoms with E-state index in [0.717, 1.165) is 27.1 Å². The van der Waals surface area contributed by atoms with Gasteiger partial charge in [-0.25, -0.2) is 4.98 Å². The normalized spacial score (nSPS) is 11.9. The van der Waals surface area contributed by atoms with Crippen molar-refractivity contribution in [3.63, 3.8) is 0 Å². The first kappa shape index (κ1) is 18.1. The van der Waals surface area contributed by atoms with E-state index in [-0.39, 0.29) is 0 Å². The molecule has 0 aliphatic rings. The van der Waals surface area contributed by atoms with Crippen LogP contribution in [0, 0.1) is 11.3 Å². The summed E-state index contributed by atoms with van der Waals surface area (Å²) in [7, 11) is 1.64. The summed E-state index contributed by atoms with van der Waals surface area (Å²) in [4.78, 5) is 4.61. The van der Waals surface area contributed by atoms with Crippen molar-refractivity contribution in [2.24, 2.45) is 0 Å². The molecular weight excluding hydrogens is 408 g/mol. The lowest BCUT2D eigenvalue weighted by atomic mass is 10.1. The summed E-state index contributed by atoms with van der Waals surface area (Å²) in [5.74, 6) is 0.803. The Kier molecular flexibility index (Phi) is 6.00. The molecule has 0 saturated heterocycles. The topological polar surface area (TPSA) is 45.9 Å². The van der Waals surface area contributed by atoms with Crippen molar-refractivity contribution in [3.8, 4) is 23.1 Å². The van der Waals surface area contributed by atoms with Gasteiger partial charge >= 0.3 is 0 Å². The van der Waals surface area contributed by atoms with Gasteiger partial charge in [-0.1, -0.05) is 46.3 Å². The van der Waals surface area contributed by atoms with Gasteiger partial charge in [0, 0.05) is 15.4 Å². The number of benzene rings is 2. The first-order chi connectivity index (χ1) is 12.7. The first-order valence-corrected chi connectivity index (χ1v) is 9.51. The Hall–Kier alpha value is -2.68. The standard InChI is InChI=1S/C21H15BrN2OS/c1-25-19-9-7-16(8-10-19)20-14-26-21(24-20)17(13-23)12-18(22)11-15-5-3-2-4-6-15/h2-12,14H,1H3. The van der Waals surface area contributed by atoms with E-state index in [1.165, 1.54) is 11.3 Å². The van der Waals surface area contributed by atoms with Gasteiger partial charge in [-0.15, -0.1) is 11.3 Å². The molecule has 0 fully saturated rings. The molecule has 0 bridgehead atoms. The highest BCUT2D eigenvalue weighted by Gasteiger charge is 2.09. The molecule has 3 aromatic rings. The Bertz CT molecular complexity index is 983. The second-order valence-corrected chi connectivity index (χ2v) is 7.15. The Morgan fingerprint density at radius 1 is 1.15 bits per heavy atom. The van der Waals surface area contributed by atoms with Crippen LogP contribution in [0.3, 0.4) is 0 Å². The average molecular weight is 423 g/mol. The molecule has 0 amide bonds. The van der Waals surface area contributed by atoms with Crippen LogP contribution in [0.15, 0.2) is 70.5 Å². The molecule has 0 unspecified atom stereocenters. The van der Waals surface area contributed by atoms with Crippen molar-refractivity contribution in [3.05, 3.63) is 81.1 Å². The highest BCUT2D eigenvalue weighted by Crippen LogP contribution is 2.28. The lowest BCUT2D eigenvalue weighted by Gasteiger charge is -2.00. The number of rotatable bonds is 5. The summed E-state index contributed by atoms with van der Waals surface area (Å²) in [6.07, 6.45) is 3.76. The molecule has 0 saturated carbocycles. The molecule has 0 aliphatic heterocycles. The van der Waals surface area contributed by atoms with Gasteiger partial charge in [0.1, 0.15) is 16.8 Å². The van der Waals surface area contributed by atoms with Crippen molar-refractivity contribution in [2.75, 3.05) is 7.11 Å². The number of aromatic nitrogens is 1. The molecule has 26 heavy (non-hydrogen) atoms. The number of hydrogen-bond acceptors (Lipinski definition) is 4. The number of methoxy groups -OCH3 is 1. The summed E-state index contributed by atoms with van der Waals surface area (Å²) in [6, 6.07) is 19.9. The quantitative estimate of drug-likeness (QED) is 0.365. The van der Waals surface area contributed by atoms with Crippen LogP contribution >= 0.6 is 27.3 Å². The van der Waals surface area contributed by atoms with Crippen molar-refractivity contribution < 1.29 is 4.74 Å². The van der Waals surface area contributed by atoms with E-state index in [1.807, 2.05) is 66.1 Å². The molecule has 0 atom stereocenters. The molecular formula is C21H15BrN2OS. The lowest BCUT2D eigenvalue weighted by molar-refractivity contribution is 0.415. The molecule has 3 nitrogen and oxygen atoms in total. The molecule has 1 aromatic heterocycles. The van der Waals surface area contributed by atoms with Crippen LogP contribution in [0.25, 0.3) is 22.9 Å². The van der Waals surface area contributed by atoms with Gasteiger partial charge in [0.05, 0.1) is 18.4 Å². The third kappa shape index (κ3) is 4.48. The fourth-order valence-electron chi connectivity index (χ4n) is 2.32. The summed E-state index contributed by atoms with van der Waals surface area (Å²) >= 11 is 4.97. The molecule has 128 valence electrons. The zero-order valence-electron chi connectivity index (χ0n) is 14.0. The average Bonchev–Trinajstić information content (AvgIpc) is 3.17. The second kappa shape index (κ2) is 8.61. The van der Waals surface area contributed by atoms with Crippen LogP contribution in [0.1, 0.15) is 10.6 Å². The van der Waals surface area contributed by atoms with Crippen LogP contribution in [-0.2, 0) is 0 Å². The van der Waals surface area contributed by atoms with Crippen LogP contribution < -0.4 is 4.74 Å². The summed E-state index contributed by atoms with van der Waals surface area (Å²) < 4.78 is 6.00. The predicted molar refractivity (Wildman–Crippen MR) is 111 cm³/mol. The van der Waals surface area contributed by atoms with E-state index in [9.17, 15) is 5.26 Å². The molecule has 1 heterocycles. The van der Waals surface area contributed by atoms with E-state index in [1.54, 1.807) is 13.2 Å². The Labute approximate surface area is 165 Å². The maximum absolute atomic E-state index is 9.53. The van der Waals surface area contributed by atoms with Gasteiger partial charge < -0.3 is 4.74 Å². The summed E-state index contributed by atoms with van der Waals surface area (Å²) in [5.41, 5.74) is 3.42. The number of allylic oxidation sites excluding steroid dienone is 3. The summed E-state index contributed by atoms with van der Waals surface area (Å²) in [5, 5.41) is 12.2. The molecule has 3 rings (SSSR count). The number of nitriles is 1. The number of thiazole rings is 1. The van der Waals surface area contributed by atoms with E-state index in [2.05, 4.69) is 27.0 Å². The van der Waals surface area contributed by atoms with Crippen LogP contribution in [0.4, 0.5) is 0 Å². The van der Waals surface area contributed by atoms with Crippen molar-refractivity contribution in [2.45, 2.75) is 0 Å². The molecule has 0 radical (unpaired) electrons. The largest absolute Gasteiger partial charge is 0.497 e. The number of hydrogen-bond donors (Lipinski definition) is 0. The van der Waals surface area contributed by atoms with Gasteiger partial charge in [-0.2, -0.15) is 5.26 Å². The van der Waals surface area contributed by atoms with Gasteiger partial charge in [0.15, 0.2) is 0 Å². The Morgan fingerprint density at radius 2 is 1.88 bits per heavy atom. The highest BCUT2D eigenvalue weighted by atomic mass is 79.9. The van der Waals surface area contributed by atoms with Gasteiger partial charge in [-0.3, -0.25) is 0 Å². The Balaban J connectivity index is 1.86. The van der Waals surface area contributed by atoms with E-state index in [4.69, 9.17) is 4.74 Å². The van der Waals surface area contributed by atoms with Crippen LogP contribution in [0.2, 0.25) is 0 Å². The monoisotopic (exact) mass is 422 g/mol. The van der Waals surface area contributed by atoms with Gasteiger partial charge in [0.25, 0.3) is 0 Å². The van der Waals surface area contributed by atoms with E-state index >= 15 is 0 Å². The maximum Gasteiger partial charge on any atom is 0.134 e. The van der Waals surface area contributed by atoms with E-state index in [0.29, 0.717) is 10.6 Å². The summed E-state index contributed by atoms with van der Waals surface area (Å²) in [6.45, 7) is 0. The minimum Gasteiger partial charge on any atom is -0.497 e. The molecule has 0 N–H and O–H groups in total. The van der Waals surface area contributed by atoms with Crippen LogP contribution in [0.5, 0.6) is 5.75 Å². The molecule has 0 spiro atoms. The second-order valence-electron chi connectivity index (χ2n) is 5.38. The van der Waals surface area contributed by atoms with Crippen molar-refractivity contribution in [1.29, 1.82) is 5.26 Å². The number of halogens is 1. The van der Waals surface area contributed by atoms with Crippen molar-refractivity contribution >= 4 is 38.9 Å². The zero-order valence-corrected chi connectivity index (χ0v) is 16.4. The molecule has 5 heteroatoms. The lowest BCUT2D eigenvalue weighted by Crippen LogP contribution is -1.84. The minimum absolute atomic E-state index is 0.522. The third-order valence-electron chi connectivity index (χ3n) is 3.63. The Morgan fingerprint density at radius 3 is 2.54 bits per heavy atom. The van der Waals surface area contributed by atoms with E-state index < -0.39 is 0 Å². The predicted octanol–water partition coefficient (Wildman–Crippen LogP) is 6.16. The van der Waals surface area contributed by atoms with Crippen molar-refractivity contribution in [1.82, 2.24) is 4.98 Å². The maximum atomic E-state index is 9.53. The fraction of sp³-hybridized carbons (Fsp3) is 0.0476. The number of nitrogens with zero attached hydrogens (tertiary/aromatic N) is 2. The zero-order chi connectivity index (χ0) is 18.4. The van der Waals surface area contributed by atoms with Crippen LogP contribution in [-0.4, -0.2) is 12.1 Å². The third-order valence-corrected chi connectivity index (χ3v) is 4.96. The minimum atomic E-state index is 0.522. The van der Waals surface area contributed by atoms with Gasteiger partial charge in [0.2, 0.25) is 0 Å². The first-order valence-electron chi connectivity index (χ1n) is 7.84. The molecule has 0 aliphatic carbocycles. The molecule has 2 aromatic carbocycles. The smallest absolute Gasteiger partial charge is 0.134 e. The fourth-order valence-corrected chi connectivity index (χ4v) is 3.61. The number of ether oxygens (including phenoxy) is 1. The van der Waals surface area contributed by atoms with Gasteiger partial charge in [-0.05, 0) is 42.0 Å².